The third kappa shape index (κ3) is 7.35. The van der Waals surface area contributed by atoms with Crippen molar-refractivity contribution < 1.29 is 31.2 Å². The summed E-state index contributed by atoms with van der Waals surface area (Å²) in [6.07, 6.45) is -2.53. The summed E-state index contributed by atoms with van der Waals surface area (Å²) in [5.41, 5.74) is 4.25. The fourth-order valence-corrected chi connectivity index (χ4v) is 4.21. The smallest absolute Gasteiger partial charge is 0.365 e. The first kappa shape index (κ1) is 29.6. The first-order valence-corrected chi connectivity index (χ1v) is 13.5. The van der Waals surface area contributed by atoms with Crippen LogP contribution in [0.5, 0.6) is 0 Å². The summed E-state index contributed by atoms with van der Waals surface area (Å²) in [5, 5.41) is 5.61. The molecule has 0 fully saturated rings. The number of anilines is 4. The van der Waals surface area contributed by atoms with Gasteiger partial charge in [0.15, 0.2) is 0 Å². The van der Waals surface area contributed by atoms with E-state index in [4.69, 9.17) is 0 Å². The number of amides is 1. The number of aryl methyl sites for hydroxylation is 2. The van der Waals surface area contributed by atoms with Gasteiger partial charge in [0.1, 0.15) is 11.4 Å². The molecule has 0 saturated carbocycles. The summed E-state index contributed by atoms with van der Waals surface area (Å²) in [6, 6.07) is 9.75. The van der Waals surface area contributed by atoms with Crippen LogP contribution in [0, 0.1) is 6.92 Å². The van der Waals surface area contributed by atoms with E-state index in [1.54, 1.807) is 37.3 Å². The number of benzene rings is 2. The lowest BCUT2D eigenvalue weighted by molar-refractivity contribution is -0.137. The van der Waals surface area contributed by atoms with Gasteiger partial charge in [-0.3, -0.25) is 13.9 Å². The third-order valence-electron chi connectivity index (χ3n) is 5.81. The van der Waals surface area contributed by atoms with Crippen LogP contribution < -0.4 is 20.4 Å². The highest BCUT2D eigenvalue weighted by Crippen LogP contribution is 2.35. The molecular weight excluding hydrogens is 537 g/mol. The summed E-state index contributed by atoms with van der Waals surface area (Å²) < 4.78 is 66.6. The van der Waals surface area contributed by atoms with Crippen LogP contribution in [0.25, 0.3) is 0 Å². The number of rotatable bonds is 10. The van der Waals surface area contributed by atoms with E-state index in [1.165, 1.54) is 20.2 Å². The lowest BCUT2D eigenvalue weighted by atomic mass is 10.1. The third-order valence-corrected chi connectivity index (χ3v) is 7.00. The van der Waals surface area contributed by atoms with Crippen LogP contribution in [-0.4, -0.2) is 44.7 Å². The Bertz CT molecular complexity index is 1460. The van der Waals surface area contributed by atoms with Gasteiger partial charge < -0.3 is 10.6 Å². The minimum absolute atomic E-state index is 0.105. The van der Waals surface area contributed by atoms with E-state index in [-0.39, 0.29) is 12.5 Å². The van der Waals surface area contributed by atoms with Crippen molar-refractivity contribution in [1.29, 1.82) is 0 Å². The second-order valence-corrected chi connectivity index (χ2v) is 10.7. The van der Waals surface area contributed by atoms with E-state index >= 15 is 0 Å². The number of sulfonamides is 1. The number of nitrogens with one attached hydrogen (secondary N) is 3. The van der Waals surface area contributed by atoms with Gasteiger partial charge in [0.25, 0.3) is 5.91 Å². The van der Waals surface area contributed by atoms with Crippen molar-refractivity contribution in [3.8, 4) is 0 Å². The molecule has 0 spiro atoms. The van der Waals surface area contributed by atoms with Gasteiger partial charge in [0, 0.05) is 31.0 Å². The Labute approximate surface area is 224 Å². The number of halogens is 3. The molecule has 2 aromatic carbocycles. The second-order valence-electron chi connectivity index (χ2n) is 8.66. The molecule has 0 radical (unpaired) electrons. The quantitative estimate of drug-likeness (QED) is 0.308. The molecule has 14 heteroatoms. The number of carbonyl (C=O) groups is 1. The molecule has 1 aromatic heterocycles. The van der Waals surface area contributed by atoms with Crippen LogP contribution >= 0.6 is 0 Å². The minimum atomic E-state index is -4.74. The van der Waals surface area contributed by atoms with Crippen LogP contribution in [0.3, 0.4) is 0 Å². The standard InChI is InChI=1S/C25H29F3N6O4S/c1-6-16-12-17(23(35)33-38-4)9-10-20(16)31-24-30-14-19(25(26,27)28)22(32-24)29-13-18-8-7-15(2)11-21(18)34(3)39(5,36)37/h7-12,14H,6,13H2,1-5H3,(H,33,35)(H2,29,30,31,32). The predicted octanol–water partition coefficient (Wildman–Crippen LogP) is 4.41. The lowest BCUT2D eigenvalue weighted by Gasteiger charge is -2.22. The SMILES string of the molecule is CCc1cc(C(=O)NOC)ccc1Nc1ncc(C(F)(F)F)c(NCc2ccc(C)cc2N(C)S(C)(=O)=O)n1. The van der Waals surface area contributed by atoms with E-state index in [9.17, 15) is 26.4 Å². The van der Waals surface area contributed by atoms with E-state index < -0.39 is 33.5 Å². The number of hydrogen-bond acceptors (Lipinski definition) is 8. The van der Waals surface area contributed by atoms with Crippen molar-refractivity contribution in [2.45, 2.75) is 33.0 Å². The maximum Gasteiger partial charge on any atom is 0.421 e. The molecule has 0 atom stereocenters. The molecule has 10 nitrogen and oxygen atoms in total. The molecule has 0 aliphatic carbocycles. The normalized spacial score (nSPS) is 11.7. The monoisotopic (exact) mass is 566 g/mol. The zero-order chi connectivity index (χ0) is 29.0. The molecule has 1 amide bonds. The lowest BCUT2D eigenvalue weighted by Crippen LogP contribution is -2.26. The maximum atomic E-state index is 13.8. The molecule has 3 aromatic rings. The second kappa shape index (κ2) is 11.9. The van der Waals surface area contributed by atoms with E-state index in [0.29, 0.717) is 40.7 Å². The Kier molecular flexibility index (Phi) is 9.02. The topological polar surface area (TPSA) is 126 Å². The van der Waals surface area contributed by atoms with Crippen LogP contribution in [0.1, 0.15) is 39.5 Å². The number of carbonyl (C=O) groups excluding carboxylic acids is 1. The zero-order valence-corrected chi connectivity index (χ0v) is 22.8. The predicted molar refractivity (Wildman–Crippen MR) is 142 cm³/mol. The van der Waals surface area contributed by atoms with E-state index in [1.807, 2.05) is 6.92 Å². The van der Waals surface area contributed by atoms with Crippen molar-refractivity contribution in [2.24, 2.45) is 0 Å². The van der Waals surface area contributed by atoms with Gasteiger partial charge >= 0.3 is 6.18 Å². The molecule has 0 bridgehead atoms. The van der Waals surface area contributed by atoms with Crippen molar-refractivity contribution in [1.82, 2.24) is 15.4 Å². The first-order chi connectivity index (χ1) is 18.2. The van der Waals surface area contributed by atoms with Crippen LogP contribution in [-0.2, 0) is 34.0 Å². The fourth-order valence-electron chi connectivity index (χ4n) is 3.68. The van der Waals surface area contributed by atoms with Gasteiger partial charge in [-0.15, -0.1) is 0 Å². The highest BCUT2D eigenvalue weighted by molar-refractivity contribution is 7.92. The summed E-state index contributed by atoms with van der Waals surface area (Å²) in [5.74, 6) is -1.04. The molecule has 3 N–H and O–H groups in total. The molecule has 210 valence electrons. The van der Waals surface area contributed by atoms with Gasteiger partial charge in [0.2, 0.25) is 16.0 Å². The van der Waals surface area contributed by atoms with Gasteiger partial charge in [-0.05, 0) is 54.3 Å². The Morgan fingerprint density at radius 2 is 1.85 bits per heavy atom. The minimum Gasteiger partial charge on any atom is -0.365 e. The van der Waals surface area contributed by atoms with Crippen LogP contribution in [0.2, 0.25) is 0 Å². The van der Waals surface area contributed by atoms with E-state index in [2.05, 4.69) is 30.9 Å². The number of alkyl halides is 3. The van der Waals surface area contributed by atoms with Gasteiger partial charge in [0.05, 0.1) is 19.1 Å². The molecule has 1 heterocycles. The van der Waals surface area contributed by atoms with Crippen molar-refractivity contribution >= 4 is 39.1 Å². The van der Waals surface area contributed by atoms with Gasteiger partial charge in [-0.25, -0.2) is 18.9 Å². The molecule has 0 saturated heterocycles. The fraction of sp³-hybridized carbons (Fsp3) is 0.320. The largest absolute Gasteiger partial charge is 0.421 e. The van der Waals surface area contributed by atoms with Gasteiger partial charge in [-0.1, -0.05) is 19.1 Å². The Morgan fingerprint density at radius 3 is 2.46 bits per heavy atom. The number of nitrogens with zero attached hydrogens (tertiary/aromatic N) is 3. The average Bonchev–Trinajstić information content (AvgIpc) is 2.86. The Morgan fingerprint density at radius 1 is 1.13 bits per heavy atom. The van der Waals surface area contributed by atoms with Gasteiger partial charge in [-0.2, -0.15) is 18.2 Å². The van der Waals surface area contributed by atoms with Crippen molar-refractivity contribution in [3.05, 3.63) is 70.4 Å². The number of aromatic nitrogens is 2. The van der Waals surface area contributed by atoms with Crippen molar-refractivity contribution in [2.75, 3.05) is 35.4 Å². The molecule has 3 rings (SSSR count). The zero-order valence-electron chi connectivity index (χ0n) is 22.0. The summed E-state index contributed by atoms with van der Waals surface area (Å²) in [6.45, 7) is 3.49. The average molecular weight is 567 g/mol. The van der Waals surface area contributed by atoms with Crippen LogP contribution in [0.15, 0.2) is 42.6 Å². The highest BCUT2D eigenvalue weighted by atomic mass is 32.2. The summed E-state index contributed by atoms with van der Waals surface area (Å²) >= 11 is 0. The number of hydroxylamine groups is 1. The molecule has 0 unspecified atom stereocenters. The van der Waals surface area contributed by atoms with Crippen molar-refractivity contribution in [3.63, 3.8) is 0 Å². The molecule has 39 heavy (non-hydrogen) atoms. The highest BCUT2D eigenvalue weighted by Gasteiger charge is 2.35. The molecule has 0 aliphatic heterocycles. The first-order valence-electron chi connectivity index (χ1n) is 11.7. The Hall–Kier alpha value is -3.91. The Balaban J connectivity index is 1.95. The summed E-state index contributed by atoms with van der Waals surface area (Å²) in [4.78, 5) is 24.6. The van der Waals surface area contributed by atoms with Crippen LogP contribution in [0.4, 0.5) is 36.3 Å². The number of hydrogen-bond donors (Lipinski definition) is 3. The molecular formula is C25H29F3N6O4S. The maximum absolute atomic E-state index is 13.8. The molecule has 0 aliphatic rings. The summed E-state index contributed by atoms with van der Waals surface area (Å²) in [7, 11) is -0.928. The van der Waals surface area contributed by atoms with E-state index in [0.717, 1.165) is 16.1 Å².